The Kier molecular flexibility index (Phi) is 5.95. The number of aromatic nitrogens is 5. The van der Waals surface area contributed by atoms with E-state index >= 15 is 0 Å². The molecule has 0 aliphatic carbocycles. The van der Waals surface area contributed by atoms with Crippen molar-refractivity contribution in [2.24, 2.45) is 0 Å². The zero-order valence-electron chi connectivity index (χ0n) is 18.0. The van der Waals surface area contributed by atoms with Gasteiger partial charge in [0.05, 0.1) is 43.6 Å². The van der Waals surface area contributed by atoms with Crippen LogP contribution < -0.4 is 0 Å². The lowest BCUT2D eigenvalue weighted by Gasteiger charge is -2.46. The molecule has 2 aliphatic rings. The van der Waals surface area contributed by atoms with E-state index in [0.717, 1.165) is 6.07 Å². The number of amides is 1. The number of fused-ring (bicyclic) bond motifs is 1. The molecule has 2 fully saturated rings. The van der Waals surface area contributed by atoms with Gasteiger partial charge < -0.3 is 9.64 Å². The van der Waals surface area contributed by atoms with Gasteiger partial charge in [0.15, 0.2) is 0 Å². The molecule has 2 atom stereocenters. The van der Waals surface area contributed by atoms with Gasteiger partial charge >= 0.3 is 0 Å². The maximum Gasteiger partial charge on any atom is 0.257 e. The van der Waals surface area contributed by atoms with E-state index in [1.54, 1.807) is 23.2 Å². The van der Waals surface area contributed by atoms with Crippen molar-refractivity contribution in [3.05, 3.63) is 71.1 Å². The molecule has 174 valence electrons. The number of hydrogen-bond donors (Lipinski definition) is 0. The third kappa shape index (κ3) is 4.23. The lowest BCUT2D eigenvalue weighted by Crippen LogP contribution is -2.59. The molecule has 12 heteroatoms. The molecule has 2 saturated heterocycles. The lowest BCUT2D eigenvalue weighted by molar-refractivity contribution is -0.139. The molecular formula is C22H20F2N8O2. The summed E-state index contributed by atoms with van der Waals surface area (Å²) >= 11 is 0. The predicted octanol–water partition coefficient (Wildman–Crippen LogP) is 1.71. The van der Waals surface area contributed by atoms with E-state index in [-0.39, 0.29) is 23.9 Å². The number of carbonyl (C=O) groups is 1. The van der Waals surface area contributed by atoms with Crippen LogP contribution in [0.2, 0.25) is 0 Å². The maximum absolute atomic E-state index is 14.6. The Morgan fingerprint density at radius 2 is 2.09 bits per heavy atom. The highest BCUT2D eigenvalue weighted by Crippen LogP contribution is 2.33. The van der Waals surface area contributed by atoms with Crippen LogP contribution in [0.3, 0.4) is 0 Å². The van der Waals surface area contributed by atoms with E-state index in [0.29, 0.717) is 44.2 Å². The standard InChI is InChI=1S/C22H20F2N8O2/c1-25-22-18(23)5-4-17(21(22)24)19-11-30-6-7-31(10-16(30)12-34-19)20(33)8-14-2-3-15(9-26-14)32-13-27-28-29-32/h2-5,9,13,16,19H,6-8,10-12H2/t16-,19+/m0/s1. The van der Waals surface area contributed by atoms with Crippen molar-refractivity contribution in [2.45, 2.75) is 18.6 Å². The summed E-state index contributed by atoms with van der Waals surface area (Å²) in [6.07, 6.45) is 2.65. The summed E-state index contributed by atoms with van der Waals surface area (Å²) < 4.78 is 35.6. The summed E-state index contributed by atoms with van der Waals surface area (Å²) in [5.74, 6) is -1.78. The highest BCUT2D eigenvalue weighted by molar-refractivity contribution is 5.78. The Hall–Kier alpha value is -3.82. The maximum atomic E-state index is 14.6. The molecule has 10 nitrogen and oxygen atoms in total. The number of rotatable bonds is 4. The van der Waals surface area contributed by atoms with Crippen LogP contribution in [0.1, 0.15) is 17.4 Å². The smallest absolute Gasteiger partial charge is 0.257 e. The molecule has 0 saturated carbocycles. The summed E-state index contributed by atoms with van der Waals surface area (Å²) in [7, 11) is 0. The van der Waals surface area contributed by atoms with Crippen molar-refractivity contribution in [3.63, 3.8) is 0 Å². The molecule has 34 heavy (non-hydrogen) atoms. The minimum atomic E-state index is -0.878. The van der Waals surface area contributed by atoms with E-state index in [1.807, 2.05) is 0 Å². The molecule has 0 unspecified atom stereocenters. The first-order valence-corrected chi connectivity index (χ1v) is 10.7. The van der Waals surface area contributed by atoms with Gasteiger partial charge in [-0.2, -0.15) is 4.68 Å². The van der Waals surface area contributed by atoms with E-state index in [1.165, 1.54) is 17.1 Å². The van der Waals surface area contributed by atoms with Crippen LogP contribution in [0.15, 0.2) is 36.8 Å². The zero-order valence-corrected chi connectivity index (χ0v) is 18.0. The van der Waals surface area contributed by atoms with Gasteiger partial charge in [-0.25, -0.2) is 13.6 Å². The number of nitrogens with zero attached hydrogens (tertiary/aromatic N) is 8. The second-order valence-corrected chi connectivity index (χ2v) is 8.16. The summed E-state index contributed by atoms with van der Waals surface area (Å²) in [5.41, 5.74) is 0.912. The van der Waals surface area contributed by atoms with Crippen LogP contribution in [0.25, 0.3) is 10.5 Å². The van der Waals surface area contributed by atoms with E-state index < -0.39 is 23.4 Å². The number of benzene rings is 1. The Morgan fingerprint density at radius 1 is 1.21 bits per heavy atom. The second-order valence-electron chi connectivity index (χ2n) is 8.16. The van der Waals surface area contributed by atoms with Gasteiger partial charge in [-0.15, -0.1) is 5.10 Å². The van der Waals surface area contributed by atoms with Gasteiger partial charge in [0.1, 0.15) is 18.0 Å². The second kappa shape index (κ2) is 9.20. The number of ether oxygens (including phenoxy) is 1. The number of carbonyl (C=O) groups excluding carboxylic acids is 1. The molecule has 0 N–H and O–H groups in total. The van der Waals surface area contributed by atoms with Gasteiger partial charge in [-0.05, 0) is 28.6 Å². The number of tetrazole rings is 1. The SMILES string of the molecule is [C-]#[N+]c1c(F)ccc([C@H]2CN3CCN(C(=O)Cc4ccc(-n5cnnn5)cn4)C[C@H]3CO2)c1F. The minimum absolute atomic E-state index is 0.0204. The van der Waals surface area contributed by atoms with Gasteiger partial charge in [0, 0.05) is 37.4 Å². The van der Waals surface area contributed by atoms with Crippen LogP contribution in [-0.2, 0) is 16.0 Å². The fourth-order valence-corrected chi connectivity index (χ4v) is 4.31. The van der Waals surface area contributed by atoms with Gasteiger partial charge in [0.25, 0.3) is 5.69 Å². The van der Waals surface area contributed by atoms with Crippen molar-refractivity contribution in [1.29, 1.82) is 0 Å². The first kappa shape index (κ1) is 22.0. The predicted molar refractivity (Wildman–Crippen MR) is 114 cm³/mol. The monoisotopic (exact) mass is 466 g/mol. The average Bonchev–Trinajstić information content (AvgIpc) is 3.39. The summed E-state index contributed by atoms with van der Waals surface area (Å²) in [6, 6.07) is 5.98. The molecule has 0 bridgehead atoms. The molecule has 1 amide bonds. The van der Waals surface area contributed by atoms with Crippen molar-refractivity contribution in [3.8, 4) is 5.69 Å². The zero-order chi connectivity index (χ0) is 23.7. The van der Waals surface area contributed by atoms with Crippen LogP contribution in [0.5, 0.6) is 0 Å². The average molecular weight is 466 g/mol. The highest BCUT2D eigenvalue weighted by atomic mass is 19.1. The summed E-state index contributed by atoms with van der Waals surface area (Å²) in [5, 5.41) is 11.0. The summed E-state index contributed by atoms with van der Waals surface area (Å²) in [4.78, 5) is 24.1. The fourth-order valence-electron chi connectivity index (χ4n) is 4.31. The molecule has 0 spiro atoms. The number of hydrogen-bond acceptors (Lipinski definition) is 7. The largest absolute Gasteiger partial charge is 0.370 e. The molecule has 4 heterocycles. The molecule has 0 radical (unpaired) electrons. The Balaban J connectivity index is 1.19. The summed E-state index contributed by atoms with van der Waals surface area (Å²) in [6.45, 7) is 9.36. The number of halogens is 2. The molecule has 2 aliphatic heterocycles. The first-order chi connectivity index (χ1) is 16.5. The van der Waals surface area contributed by atoms with Crippen LogP contribution in [0, 0.1) is 18.2 Å². The topological polar surface area (TPSA) is 93.6 Å². The Morgan fingerprint density at radius 3 is 2.82 bits per heavy atom. The van der Waals surface area contributed by atoms with Crippen LogP contribution >= 0.6 is 0 Å². The quantitative estimate of drug-likeness (QED) is 0.541. The van der Waals surface area contributed by atoms with E-state index in [4.69, 9.17) is 11.3 Å². The Labute approximate surface area is 193 Å². The van der Waals surface area contributed by atoms with Crippen molar-refractivity contribution >= 4 is 11.6 Å². The van der Waals surface area contributed by atoms with E-state index in [9.17, 15) is 13.6 Å². The molecular weight excluding hydrogens is 446 g/mol. The highest BCUT2D eigenvalue weighted by Gasteiger charge is 2.36. The van der Waals surface area contributed by atoms with Gasteiger partial charge in [0.2, 0.25) is 5.91 Å². The molecule has 3 aromatic rings. The lowest BCUT2D eigenvalue weighted by atomic mass is 10.0. The number of pyridine rings is 1. The van der Waals surface area contributed by atoms with Gasteiger partial charge in [-0.1, -0.05) is 6.07 Å². The third-order valence-corrected chi connectivity index (χ3v) is 6.16. The van der Waals surface area contributed by atoms with Crippen LogP contribution in [-0.4, -0.2) is 79.7 Å². The third-order valence-electron chi connectivity index (χ3n) is 6.16. The molecule has 1 aromatic carbocycles. The van der Waals surface area contributed by atoms with Crippen molar-refractivity contribution < 1.29 is 18.3 Å². The first-order valence-electron chi connectivity index (χ1n) is 10.7. The minimum Gasteiger partial charge on any atom is -0.370 e. The van der Waals surface area contributed by atoms with E-state index in [2.05, 4.69) is 30.3 Å². The van der Waals surface area contributed by atoms with Gasteiger partial charge in [-0.3, -0.25) is 14.7 Å². The van der Waals surface area contributed by atoms with Crippen molar-refractivity contribution in [2.75, 3.05) is 32.8 Å². The Bertz CT molecular complexity index is 1230. The van der Waals surface area contributed by atoms with Crippen molar-refractivity contribution in [1.82, 2.24) is 35.0 Å². The van der Waals surface area contributed by atoms with Crippen LogP contribution in [0.4, 0.5) is 14.5 Å². The fraction of sp³-hybridized carbons (Fsp3) is 0.364. The molecule has 5 rings (SSSR count). The number of piperazine rings is 1. The normalized spacial score (nSPS) is 20.6. The number of morpholine rings is 1. The molecule has 2 aromatic heterocycles.